The summed E-state index contributed by atoms with van der Waals surface area (Å²) in [5.41, 5.74) is 7.77. The van der Waals surface area contributed by atoms with Crippen molar-refractivity contribution in [2.75, 3.05) is 22.6 Å². The Morgan fingerprint density at radius 3 is 2.73 bits per heavy atom. The van der Waals surface area contributed by atoms with E-state index in [-0.39, 0.29) is 16.8 Å². The molecule has 1 saturated carbocycles. The molecule has 138 valence electrons. The van der Waals surface area contributed by atoms with Gasteiger partial charge in [0, 0.05) is 18.7 Å². The Morgan fingerprint density at radius 1 is 1.38 bits per heavy atom. The van der Waals surface area contributed by atoms with E-state index >= 15 is 0 Å². The number of carbonyl (C=O) groups excluding carboxylic acids is 1. The van der Waals surface area contributed by atoms with Crippen LogP contribution in [-0.2, 0) is 7.05 Å². The van der Waals surface area contributed by atoms with E-state index in [0.717, 1.165) is 18.5 Å². The minimum atomic E-state index is -0.526. The summed E-state index contributed by atoms with van der Waals surface area (Å²) in [4.78, 5) is 12.9. The van der Waals surface area contributed by atoms with Crippen molar-refractivity contribution in [2.24, 2.45) is 18.9 Å². The Bertz CT molecular complexity index is 859. The van der Waals surface area contributed by atoms with Crippen LogP contribution in [0, 0.1) is 17.7 Å². The third-order valence-corrected chi connectivity index (χ3v) is 7.03. The molecule has 4 rings (SSSR count). The summed E-state index contributed by atoms with van der Waals surface area (Å²) in [6.07, 6.45) is 2.10. The van der Waals surface area contributed by atoms with Crippen LogP contribution in [0.4, 0.5) is 15.9 Å². The second kappa shape index (κ2) is 6.78. The zero-order valence-electron chi connectivity index (χ0n) is 14.3. The Morgan fingerprint density at radius 2 is 2.08 bits per heavy atom. The molecule has 1 aromatic carbocycles. The van der Waals surface area contributed by atoms with Crippen molar-refractivity contribution in [1.82, 2.24) is 9.78 Å². The number of aromatic nitrogens is 2. The number of carbonyl (C=O) groups is 1. The van der Waals surface area contributed by atoms with E-state index in [1.54, 1.807) is 11.7 Å². The van der Waals surface area contributed by atoms with Gasteiger partial charge in [-0.1, -0.05) is 11.6 Å². The van der Waals surface area contributed by atoms with Gasteiger partial charge in [0.25, 0.3) is 5.91 Å². The third kappa shape index (κ3) is 3.07. The minimum Gasteiger partial charge on any atom is -0.383 e. The summed E-state index contributed by atoms with van der Waals surface area (Å²) in [5.74, 6) is 3.54. The van der Waals surface area contributed by atoms with E-state index in [9.17, 15) is 9.18 Å². The maximum Gasteiger partial charge on any atom is 0.261 e. The number of rotatable bonds is 3. The van der Waals surface area contributed by atoms with Gasteiger partial charge in [-0.15, -0.1) is 0 Å². The smallest absolute Gasteiger partial charge is 0.261 e. The molecule has 2 unspecified atom stereocenters. The van der Waals surface area contributed by atoms with Gasteiger partial charge in [0.1, 0.15) is 17.2 Å². The highest BCUT2D eigenvalue weighted by Gasteiger charge is 2.41. The molecule has 2 aromatic rings. The SMILES string of the molecule is Cn1nc(C2CC3CSCC3C2)c(C(=O)Nc2ccc(F)c(Cl)c2)c1N. The van der Waals surface area contributed by atoms with Gasteiger partial charge in [0.15, 0.2) is 0 Å². The molecule has 0 bridgehead atoms. The molecule has 2 fully saturated rings. The second-order valence-electron chi connectivity index (χ2n) is 7.08. The number of benzene rings is 1. The molecule has 8 heteroatoms. The zero-order valence-corrected chi connectivity index (χ0v) is 15.9. The van der Waals surface area contributed by atoms with Gasteiger partial charge in [-0.25, -0.2) is 4.39 Å². The number of nitrogen functional groups attached to an aromatic ring is 1. The molecule has 2 atom stereocenters. The normalized spacial score (nSPS) is 24.7. The van der Waals surface area contributed by atoms with Crippen molar-refractivity contribution in [3.63, 3.8) is 0 Å². The number of thioether (sulfide) groups is 1. The molecule has 0 spiro atoms. The van der Waals surface area contributed by atoms with E-state index in [1.165, 1.54) is 29.7 Å². The molecule has 0 radical (unpaired) electrons. The third-order valence-electron chi connectivity index (χ3n) is 5.41. The Balaban J connectivity index is 1.61. The van der Waals surface area contributed by atoms with Gasteiger partial charge >= 0.3 is 0 Å². The number of amides is 1. The summed E-state index contributed by atoms with van der Waals surface area (Å²) in [7, 11) is 1.75. The average molecular weight is 395 g/mol. The van der Waals surface area contributed by atoms with Gasteiger partial charge < -0.3 is 11.1 Å². The number of nitrogens with zero attached hydrogens (tertiary/aromatic N) is 2. The first-order chi connectivity index (χ1) is 12.4. The summed E-state index contributed by atoms with van der Waals surface area (Å²) in [6, 6.07) is 4.09. The molecule has 1 aliphatic heterocycles. The van der Waals surface area contributed by atoms with Crippen molar-refractivity contribution in [1.29, 1.82) is 0 Å². The number of nitrogens with two attached hydrogens (primary N) is 1. The molecule has 2 heterocycles. The lowest BCUT2D eigenvalue weighted by Gasteiger charge is -2.12. The molecule has 26 heavy (non-hydrogen) atoms. The fraction of sp³-hybridized carbons (Fsp3) is 0.444. The lowest BCUT2D eigenvalue weighted by Crippen LogP contribution is -2.16. The number of nitrogens with one attached hydrogen (secondary N) is 1. The Hall–Kier alpha value is -1.73. The quantitative estimate of drug-likeness (QED) is 0.827. The van der Waals surface area contributed by atoms with E-state index in [4.69, 9.17) is 17.3 Å². The largest absolute Gasteiger partial charge is 0.383 e. The monoisotopic (exact) mass is 394 g/mol. The minimum absolute atomic E-state index is 0.0386. The standard InChI is InChI=1S/C18H20ClFN4OS/c1-24-17(21)15(18(25)22-12-2-3-14(20)13(19)6-12)16(23-24)9-4-10-7-26-8-11(10)5-9/h2-3,6,9-11H,4-5,7-8,21H2,1H3,(H,22,25). The van der Waals surface area contributed by atoms with E-state index in [1.807, 2.05) is 11.8 Å². The molecule has 1 aliphatic carbocycles. The fourth-order valence-corrected chi connectivity index (χ4v) is 5.80. The first-order valence-corrected chi connectivity index (χ1v) is 10.1. The van der Waals surface area contributed by atoms with E-state index in [2.05, 4.69) is 10.4 Å². The van der Waals surface area contributed by atoms with Crippen molar-refractivity contribution >= 4 is 40.8 Å². The van der Waals surface area contributed by atoms with Crippen molar-refractivity contribution < 1.29 is 9.18 Å². The van der Waals surface area contributed by atoms with Gasteiger partial charge in [-0.3, -0.25) is 9.48 Å². The zero-order chi connectivity index (χ0) is 18.4. The van der Waals surface area contributed by atoms with Crippen LogP contribution in [0.5, 0.6) is 0 Å². The van der Waals surface area contributed by atoms with Crippen LogP contribution >= 0.6 is 23.4 Å². The molecule has 1 amide bonds. The topological polar surface area (TPSA) is 72.9 Å². The number of aryl methyl sites for hydroxylation is 1. The highest BCUT2D eigenvalue weighted by Crippen LogP contribution is 2.49. The number of anilines is 2. The lowest BCUT2D eigenvalue weighted by molar-refractivity contribution is 0.102. The highest BCUT2D eigenvalue weighted by atomic mass is 35.5. The summed E-state index contributed by atoms with van der Waals surface area (Å²) in [6.45, 7) is 0. The second-order valence-corrected chi connectivity index (χ2v) is 8.56. The number of fused-ring (bicyclic) bond motifs is 1. The summed E-state index contributed by atoms with van der Waals surface area (Å²) < 4.78 is 14.9. The molecule has 1 aromatic heterocycles. The van der Waals surface area contributed by atoms with E-state index in [0.29, 0.717) is 28.9 Å². The van der Waals surface area contributed by atoms with Crippen molar-refractivity contribution in [2.45, 2.75) is 18.8 Å². The molecular weight excluding hydrogens is 375 g/mol. The first-order valence-electron chi connectivity index (χ1n) is 8.60. The predicted molar refractivity (Wildman–Crippen MR) is 103 cm³/mol. The van der Waals surface area contributed by atoms with Crippen LogP contribution in [0.15, 0.2) is 18.2 Å². The molecule has 1 saturated heterocycles. The van der Waals surface area contributed by atoms with Crippen LogP contribution < -0.4 is 11.1 Å². The summed E-state index contributed by atoms with van der Waals surface area (Å²) >= 11 is 7.81. The molecular formula is C18H20ClFN4OS. The van der Waals surface area contributed by atoms with Gasteiger partial charge in [-0.05, 0) is 54.4 Å². The van der Waals surface area contributed by atoms with Crippen LogP contribution in [0.3, 0.4) is 0 Å². The van der Waals surface area contributed by atoms with Crippen LogP contribution in [-0.4, -0.2) is 27.2 Å². The van der Waals surface area contributed by atoms with E-state index < -0.39 is 5.82 Å². The first kappa shape index (κ1) is 17.7. The molecule has 2 aliphatic rings. The fourth-order valence-electron chi connectivity index (χ4n) is 4.06. The lowest BCUT2D eigenvalue weighted by atomic mass is 9.98. The predicted octanol–water partition coefficient (Wildman–Crippen LogP) is 3.90. The highest BCUT2D eigenvalue weighted by molar-refractivity contribution is 7.99. The Kier molecular flexibility index (Phi) is 4.61. The number of hydrogen-bond donors (Lipinski definition) is 2. The van der Waals surface area contributed by atoms with Crippen LogP contribution in [0.1, 0.15) is 34.8 Å². The van der Waals surface area contributed by atoms with Crippen LogP contribution in [0.2, 0.25) is 5.02 Å². The average Bonchev–Trinajstić information content (AvgIpc) is 3.25. The molecule has 3 N–H and O–H groups in total. The Labute approximate surface area is 160 Å². The number of hydrogen-bond acceptors (Lipinski definition) is 4. The summed E-state index contributed by atoms with van der Waals surface area (Å²) in [5, 5.41) is 7.28. The van der Waals surface area contributed by atoms with Gasteiger partial charge in [0.2, 0.25) is 0 Å². The molecule has 5 nitrogen and oxygen atoms in total. The van der Waals surface area contributed by atoms with Gasteiger partial charge in [0.05, 0.1) is 10.7 Å². The maximum atomic E-state index is 13.3. The van der Waals surface area contributed by atoms with Crippen molar-refractivity contribution in [3.05, 3.63) is 40.3 Å². The van der Waals surface area contributed by atoms with Crippen LogP contribution in [0.25, 0.3) is 0 Å². The van der Waals surface area contributed by atoms with Crippen molar-refractivity contribution in [3.8, 4) is 0 Å². The van der Waals surface area contributed by atoms with Gasteiger partial charge in [-0.2, -0.15) is 16.9 Å². The maximum absolute atomic E-state index is 13.3. The number of halogens is 2.